The molecule has 0 spiro atoms. The van der Waals surface area contributed by atoms with Crippen LogP contribution in [0.5, 0.6) is 0 Å². The van der Waals surface area contributed by atoms with E-state index in [0.717, 1.165) is 6.42 Å². The Hall–Kier alpha value is -0.340. The van der Waals surface area contributed by atoms with Crippen molar-refractivity contribution in [3.05, 3.63) is 12.7 Å². The van der Waals surface area contributed by atoms with Crippen LogP contribution >= 0.6 is 0 Å². The van der Waals surface area contributed by atoms with Gasteiger partial charge in [0.1, 0.15) is 0 Å². The van der Waals surface area contributed by atoms with Crippen LogP contribution in [0.15, 0.2) is 12.7 Å². The molecule has 0 heterocycles. The molecule has 0 aliphatic rings. The Labute approximate surface area is 69.4 Å². The molecule has 0 radical (unpaired) electrons. The lowest BCUT2D eigenvalue weighted by molar-refractivity contribution is -0.00955. The van der Waals surface area contributed by atoms with Gasteiger partial charge in [0, 0.05) is 6.04 Å². The van der Waals surface area contributed by atoms with Crippen molar-refractivity contribution < 1.29 is 4.74 Å². The predicted molar refractivity (Wildman–Crippen MR) is 48.5 cm³/mol. The van der Waals surface area contributed by atoms with Crippen molar-refractivity contribution in [2.45, 2.75) is 38.8 Å². The smallest absolute Gasteiger partial charge is 0.0627 e. The lowest BCUT2D eigenvalue weighted by Crippen LogP contribution is -2.31. The fraction of sp³-hybridized carbons (Fsp3) is 0.778. The molecular formula is C9H19NO. The second kappa shape index (κ2) is 4.52. The maximum Gasteiger partial charge on any atom is 0.0627 e. The third-order valence-corrected chi connectivity index (χ3v) is 1.20. The van der Waals surface area contributed by atoms with E-state index >= 15 is 0 Å². The second-order valence-corrected chi connectivity index (χ2v) is 3.71. The summed E-state index contributed by atoms with van der Waals surface area (Å²) in [5, 5.41) is 0. The van der Waals surface area contributed by atoms with Crippen LogP contribution in [0.3, 0.4) is 0 Å². The highest BCUT2D eigenvalue weighted by molar-refractivity contribution is 4.75. The Bertz CT molecular complexity index is 115. The Morgan fingerprint density at radius 3 is 2.45 bits per heavy atom. The molecule has 0 aromatic carbocycles. The van der Waals surface area contributed by atoms with E-state index in [0.29, 0.717) is 6.61 Å². The van der Waals surface area contributed by atoms with E-state index in [1.165, 1.54) is 0 Å². The summed E-state index contributed by atoms with van der Waals surface area (Å²) in [5.41, 5.74) is 5.61. The van der Waals surface area contributed by atoms with Gasteiger partial charge >= 0.3 is 0 Å². The Kier molecular flexibility index (Phi) is 4.38. The largest absolute Gasteiger partial charge is 0.374 e. The highest BCUT2D eigenvalue weighted by Crippen LogP contribution is 2.07. The van der Waals surface area contributed by atoms with Crippen molar-refractivity contribution in [1.82, 2.24) is 0 Å². The van der Waals surface area contributed by atoms with Crippen LogP contribution in [-0.4, -0.2) is 18.2 Å². The highest BCUT2D eigenvalue weighted by atomic mass is 16.5. The van der Waals surface area contributed by atoms with Crippen molar-refractivity contribution >= 4 is 0 Å². The van der Waals surface area contributed by atoms with E-state index in [1.54, 1.807) is 0 Å². The molecule has 0 bridgehead atoms. The van der Waals surface area contributed by atoms with Crippen LogP contribution in [0.4, 0.5) is 0 Å². The second-order valence-electron chi connectivity index (χ2n) is 3.71. The molecule has 2 nitrogen and oxygen atoms in total. The van der Waals surface area contributed by atoms with Gasteiger partial charge in [-0.15, -0.1) is 6.58 Å². The molecule has 0 fully saturated rings. The molecule has 0 rings (SSSR count). The van der Waals surface area contributed by atoms with Crippen molar-refractivity contribution in [1.29, 1.82) is 0 Å². The van der Waals surface area contributed by atoms with Gasteiger partial charge in [0.2, 0.25) is 0 Å². The van der Waals surface area contributed by atoms with Crippen molar-refractivity contribution in [2.24, 2.45) is 5.73 Å². The Morgan fingerprint density at radius 2 is 2.09 bits per heavy atom. The van der Waals surface area contributed by atoms with Gasteiger partial charge < -0.3 is 10.5 Å². The minimum Gasteiger partial charge on any atom is -0.374 e. The molecule has 66 valence electrons. The molecule has 0 saturated carbocycles. The summed E-state index contributed by atoms with van der Waals surface area (Å²) in [5.74, 6) is 0. The average molecular weight is 157 g/mol. The molecule has 0 aromatic heterocycles. The summed E-state index contributed by atoms with van der Waals surface area (Å²) in [6.45, 7) is 10.3. The topological polar surface area (TPSA) is 35.2 Å². The molecule has 2 heteroatoms. The molecule has 1 atom stereocenters. The monoisotopic (exact) mass is 157 g/mol. The van der Waals surface area contributed by atoms with Gasteiger partial charge in [0.25, 0.3) is 0 Å². The molecule has 11 heavy (non-hydrogen) atoms. The number of nitrogens with two attached hydrogens (primary N) is 1. The molecule has 0 aliphatic carbocycles. The minimum absolute atomic E-state index is 0.0845. The summed E-state index contributed by atoms with van der Waals surface area (Å²) in [6, 6.07) is 0.0896. The zero-order valence-electron chi connectivity index (χ0n) is 7.76. The molecule has 0 amide bonds. The fourth-order valence-electron chi connectivity index (χ4n) is 0.639. The first kappa shape index (κ1) is 10.7. The minimum atomic E-state index is -0.0845. The van der Waals surface area contributed by atoms with E-state index < -0.39 is 0 Å². The molecule has 0 aromatic rings. The number of hydrogen-bond donors (Lipinski definition) is 1. The third kappa shape index (κ3) is 7.56. The number of ether oxygens (including phenoxy) is 1. The van der Waals surface area contributed by atoms with E-state index in [4.69, 9.17) is 10.5 Å². The van der Waals surface area contributed by atoms with E-state index in [2.05, 4.69) is 6.58 Å². The van der Waals surface area contributed by atoms with Gasteiger partial charge in [-0.05, 0) is 27.2 Å². The summed E-state index contributed by atoms with van der Waals surface area (Å²) < 4.78 is 5.47. The zero-order valence-corrected chi connectivity index (χ0v) is 7.76. The summed E-state index contributed by atoms with van der Waals surface area (Å²) in [4.78, 5) is 0. The van der Waals surface area contributed by atoms with Crippen LogP contribution in [-0.2, 0) is 4.74 Å². The summed E-state index contributed by atoms with van der Waals surface area (Å²) in [6.07, 6.45) is 2.63. The van der Waals surface area contributed by atoms with Crippen molar-refractivity contribution in [3.63, 3.8) is 0 Å². The zero-order chi connectivity index (χ0) is 8.91. The van der Waals surface area contributed by atoms with Crippen LogP contribution in [0.25, 0.3) is 0 Å². The Balaban J connectivity index is 3.45. The van der Waals surface area contributed by atoms with Crippen LogP contribution in [0.2, 0.25) is 0 Å². The van der Waals surface area contributed by atoms with E-state index in [9.17, 15) is 0 Å². The van der Waals surface area contributed by atoms with Crippen LogP contribution in [0.1, 0.15) is 27.2 Å². The SMILES string of the molecule is C=CCC(N)COC(C)(C)C. The normalized spacial score (nSPS) is 14.5. The average Bonchev–Trinajstić information content (AvgIpc) is 1.83. The Morgan fingerprint density at radius 1 is 1.55 bits per heavy atom. The van der Waals surface area contributed by atoms with E-state index in [-0.39, 0.29) is 11.6 Å². The van der Waals surface area contributed by atoms with Gasteiger partial charge in [0.15, 0.2) is 0 Å². The van der Waals surface area contributed by atoms with Crippen molar-refractivity contribution in [2.75, 3.05) is 6.61 Å². The third-order valence-electron chi connectivity index (χ3n) is 1.20. The molecule has 1 unspecified atom stereocenters. The number of rotatable bonds is 4. The first-order chi connectivity index (χ1) is 4.95. The maximum absolute atomic E-state index is 5.70. The van der Waals surface area contributed by atoms with Crippen molar-refractivity contribution in [3.8, 4) is 0 Å². The van der Waals surface area contributed by atoms with Gasteiger partial charge in [-0.3, -0.25) is 0 Å². The highest BCUT2D eigenvalue weighted by Gasteiger charge is 2.11. The van der Waals surface area contributed by atoms with Crippen LogP contribution < -0.4 is 5.73 Å². The maximum atomic E-state index is 5.70. The first-order valence-corrected chi connectivity index (χ1v) is 3.96. The summed E-state index contributed by atoms with van der Waals surface area (Å²) >= 11 is 0. The molecule has 2 N–H and O–H groups in total. The van der Waals surface area contributed by atoms with Gasteiger partial charge in [-0.2, -0.15) is 0 Å². The van der Waals surface area contributed by atoms with E-state index in [1.807, 2.05) is 26.8 Å². The van der Waals surface area contributed by atoms with Crippen LogP contribution in [0, 0.1) is 0 Å². The van der Waals surface area contributed by atoms with Gasteiger partial charge in [0.05, 0.1) is 12.2 Å². The molecule has 0 aliphatic heterocycles. The van der Waals surface area contributed by atoms with Gasteiger partial charge in [-0.25, -0.2) is 0 Å². The van der Waals surface area contributed by atoms with Gasteiger partial charge in [-0.1, -0.05) is 6.08 Å². The fourth-order valence-corrected chi connectivity index (χ4v) is 0.639. The number of hydrogen-bond acceptors (Lipinski definition) is 2. The summed E-state index contributed by atoms with van der Waals surface area (Å²) in [7, 11) is 0. The molecule has 0 saturated heterocycles. The standard InChI is InChI=1S/C9H19NO/c1-5-6-8(10)7-11-9(2,3)4/h5,8H,1,6-7,10H2,2-4H3. The lowest BCUT2D eigenvalue weighted by Gasteiger charge is -2.21. The quantitative estimate of drug-likeness (QED) is 0.630. The first-order valence-electron chi connectivity index (χ1n) is 3.96. The lowest BCUT2D eigenvalue weighted by atomic mass is 10.2. The predicted octanol–water partition coefficient (Wildman–Crippen LogP) is 1.70. The molecular weight excluding hydrogens is 138 g/mol.